The number of allylic oxidation sites excluding steroid dienone is 1. The summed E-state index contributed by atoms with van der Waals surface area (Å²) in [5.74, 6) is -0.833. The molecule has 2 heterocycles. The summed E-state index contributed by atoms with van der Waals surface area (Å²) < 4.78 is 22.5. The minimum Gasteiger partial charge on any atom is -0.436 e. The van der Waals surface area contributed by atoms with Crippen LogP contribution < -0.4 is 10.9 Å². The molecule has 3 amide bonds. The normalized spacial score (nSPS) is 12.4. The Hall–Kier alpha value is -4.55. The van der Waals surface area contributed by atoms with Crippen LogP contribution >= 0.6 is 0 Å². The number of amides is 3. The summed E-state index contributed by atoms with van der Waals surface area (Å²) in [6.07, 6.45) is 3.85. The van der Waals surface area contributed by atoms with Crippen molar-refractivity contribution >= 4 is 34.6 Å². The smallest absolute Gasteiger partial charge is 0.410 e. The second-order valence-corrected chi connectivity index (χ2v) is 11.5. The summed E-state index contributed by atoms with van der Waals surface area (Å²) in [5, 5.41) is 2.53. The predicted octanol–water partition coefficient (Wildman–Crippen LogP) is 3.26. The van der Waals surface area contributed by atoms with Gasteiger partial charge in [0.2, 0.25) is 5.91 Å². The molecule has 1 aromatic carbocycles. The Bertz CT molecular complexity index is 1540. The van der Waals surface area contributed by atoms with Crippen molar-refractivity contribution < 1.29 is 23.5 Å². The highest BCUT2D eigenvalue weighted by Gasteiger charge is 2.25. The first-order valence-corrected chi connectivity index (χ1v) is 13.4. The molecule has 0 radical (unpaired) electrons. The molecule has 0 saturated heterocycles. The second kappa shape index (κ2) is 13.4. The summed E-state index contributed by atoms with van der Waals surface area (Å²) in [7, 11) is 6.19. The largest absolute Gasteiger partial charge is 0.436 e. The first kappa shape index (κ1) is 32.0. The molecule has 12 nitrogen and oxygen atoms in total. The van der Waals surface area contributed by atoms with Gasteiger partial charge in [0.05, 0.1) is 30.1 Å². The molecule has 3 rings (SSSR count). The van der Waals surface area contributed by atoms with Gasteiger partial charge in [-0.1, -0.05) is 26.8 Å². The van der Waals surface area contributed by atoms with Gasteiger partial charge in [0.25, 0.3) is 11.5 Å². The number of fused-ring (bicyclic) bond motifs is 1. The van der Waals surface area contributed by atoms with Crippen molar-refractivity contribution in [1.29, 1.82) is 0 Å². The number of nitrogens with one attached hydrogen (secondary N) is 1. The molecule has 0 aliphatic carbocycles. The van der Waals surface area contributed by atoms with E-state index < -0.39 is 29.5 Å². The van der Waals surface area contributed by atoms with Crippen LogP contribution in [0.4, 0.5) is 14.9 Å². The average Bonchev–Trinajstić information content (AvgIpc) is 3.21. The SMILES string of the molecule is CN(C)C(=O)C=CCCC(OC(=O)N(C)C)C(=O)Nc1cncn(Cc2nc3cc(F)ccc3n2CC(C)(C)C)c1=O. The molecule has 0 spiro atoms. The van der Waals surface area contributed by atoms with Crippen LogP contribution in [-0.4, -0.2) is 81.1 Å². The molecule has 3 aromatic rings. The van der Waals surface area contributed by atoms with Gasteiger partial charge < -0.3 is 24.4 Å². The Labute approximate surface area is 243 Å². The fourth-order valence-corrected chi connectivity index (χ4v) is 3.99. The van der Waals surface area contributed by atoms with Crippen molar-refractivity contribution in [2.24, 2.45) is 5.41 Å². The van der Waals surface area contributed by atoms with Crippen LogP contribution in [-0.2, 0) is 27.4 Å². The predicted molar refractivity (Wildman–Crippen MR) is 156 cm³/mol. The first-order chi connectivity index (χ1) is 19.7. The van der Waals surface area contributed by atoms with Crippen LogP contribution in [0, 0.1) is 11.2 Å². The number of hydrogen-bond acceptors (Lipinski definition) is 7. The molecule has 13 heteroatoms. The Kier molecular flexibility index (Phi) is 10.2. The number of carbonyl (C=O) groups excluding carboxylic acids is 3. The number of anilines is 1. The van der Waals surface area contributed by atoms with E-state index in [2.05, 4.69) is 36.1 Å². The van der Waals surface area contributed by atoms with Crippen LogP contribution in [0.2, 0.25) is 0 Å². The maximum absolute atomic E-state index is 13.9. The number of imidazole rings is 1. The van der Waals surface area contributed by atoms with Gasteiger partial charge in [0.15, 0.2) is 6.10 Å². The van der Waals surface area contributed by atoms with Crippen LogP contribution in [0.15, 0.2) is 47.7 Å². The van der Waals surface area contributed by atoms with E-state index in [0.29, 0.717) is 17.9 Å². The van der Waals surface area contributed by atoms with Crippen molar-refractivity contribution in [1.82, 2.24) is 28.9 Å². The molecule has 1 N–H and O–H groups in total. The van der Waals surface area contributed by atoms with Crippen molar-refractivity contribution in [3.8, 4) is 0 Å². The molecule has 0 aliphatic rings. The molecular formula is C29H38FN7O5. The number of ether oxygens (including phenoxy) is 1. The third-order valence-electron chi connectivity index (χ3n) is 6.09. The van der Waals surface area contributed by atoms with Crippen LogP contribution in [0.3, 0.4) is 0 Å². The third-order valence-corrected chi connectivity index (χ3v) is 6.09. The fourth-order valence-electron chi connectivity index (χ4n) is 3.99. The Balaban J connectivity index is 1.85. The molecule has 226 valence electrons. The topological polar surface area (TPSA) is 132 Å². The number of rotatable bonds is 10. The highest BCUT2D eigenvalue weighted by atomic mass is 19.1. The minimum atomic E-state index is -1.24. The summed E-state index contributed by atoms with van der Waals surface area (Å²) in [5.41, 5.74) is 0.401. The average molecular weight is 584 g/mol. The zero-order chi connectivity index (χ0) is 31.2. The van der Waals surface area contributed by atoms with Gasteiger partial charge in [-0.2, -0.15) is 0 Å². The van der Waals surface area contributed by atoms with Gasteiger partial charge in [-0.05, 0) is 36.5 Å². The van der Waals surface area contributed by atoms with Gasteiger partial charge >= 0.3 is 6.09 Å². The molecule has 1 atom stereocenters. The van der Waals surface area contributed by atoms with Gasteiger partial charge in [0, 0.05) is 40.8 Å². The van der Waals surface area contributed by atoms with E-state index in [4.69, 9.17) is 4.74 Å². The lowest BCUT2D eigenvalue weighted by Gasteiger charge is -2.21. The van der Waals surface area contributed by atoms with Crippen molar-refractivity contribution in [2.75, 3.05) is 33.5 Å². The summed E-state index contributed by atoms with van der Waals surface area (Å²) in [4.78, 5) is 61.8. The minimum absolute atomic E-state index is 0.0195. The molecule has 0 aliphatic heterocycles. The Morgan fingerprint density at radius 2 is 1.86 bits per heavy atom. The number of carbonyl (C=O) groups is 3. The van der Waals surface area contributed by atoms with Gasteiger partial charge in [-0.25, -0.2) is 19.2 Å². The zero-order valence-electron chi connectivity index (χ0n) is 25.0. The quantitative estimate of drug-likeness (QED) is 0.363. The molecule has 2 aromatic heterocycles. The molecule has 1 unspecified atom stereocenters. The lowest BCUT2D eigenvalue weighted by molar-refractivity contribution is -0.125. The Morgan fingerprint density at radius 1 is 1.14 bits per heavy atom. The van der Waals surface area contributed by atoms with E-state index in [-0.39, 0.29) is 36.4 Å². The highest BCUT2D eigenvalue weighted by Crippen LogP contribution is 2.24. The van der Waals surface area contributed by atoms with E-state index in [9.17, 15) is 23.6 Å². The molecule has 0 bridgehead atoms. The highest BCUT2D eigenvalue weighted by molar-refractivity contribution is 5.95. The third kappa shape index (κ3) is 8.48. The number of likely N-dealkylation sites (N-methyl/N-ethyl adjacent to an activating group) is 1. The number of nitrogens with zero attached hydrogens (tertiary/aromatic N) is 6. The first-order valence-electron chi connectivity index (χ1n) is 13.4. The van der Waals surface area contributed by atoms with Crippen molar-refractivity contribution in [3.05, 3.63) is 64.9 Å². The summed E-state index contributed by atoms with van der Waals surface area (Å²) in [6.45, 7) is 6.77. The summed E-state index contributed by atoms with van der Waals surface area (Å²) >= 11 is 0. The van der Waals surface area contributed by atoms with E-state index >= 15 is 0 Å². The lowest BCUT2D eigenvalue weighted by atomic mass is 9.96. The van der Waals surface area contributed by atoms with E-state index in [1.165, 1.54) is 59.2 Å². The standard InChI is InChI=1S/C29H38FN7O5/c1-29(2,3)17-37-22-13-12-19(30)14-20(22)32-24(37)16-36-18-31-15-21(27(36)40)33-26(39)23(42-28(41)35(6)7)10-8-9-11-25(38)34(4)5/h9,11-15,18,23H,8,10,16-17H2,1-7H3,(H,33,39). The second-order valence-electron chi connectivity index (χ2n) is 11.5. The van der Waals surface area contributed by atoms with Gasteiger partial charge in [-0.15, -0.1) is 0 Å². The van der Waals surface area contributed by atoms with Gasteiger partial charge in [0.1, 0.15) is 17.3 Å². The van der Waals surface area contributed by atoms with E-state index in [1.54, 1.807) is 26.2 Å². The van der Waals surface area contributed by atoms with Gasteiger partial charge in [-0.3, -0.25) is 19.0 Å². The fraction of sp³-hybridized carbons (Fsp3) is 0.448. The van der Waals surface area contributed by atoms with Crippen LogP contribution in [0.1, 0.15) is 39.4 Å². The molecule has 0 saturated carbocycles. The van der Waals surface area contributed by atoms with Crippen LogP contribution in [0.5, 0.6) is 0 Å². The monoisotopic (exact) mass is 583 g/mol. The number of benzene rings is 1. The lowest BCUT2D eigenvalue weighted by Crippen LogP contribution is -2.38. The maximum atomic E-state index is 13.9. The number of halogens is 1. The number of hydrogen-bond donors (Lipinski definition) is 1. The number of aromatic nitrogens is 4. The Morgan fingerprint density at radius 3 is 2.50 bits per heavy atom. The van der Waals surface area contributed by atoms with E-state index in [1.807, 2.05) is 4.57 Å². The van der Waals surface area contributed by atoms with Crippen molar-refractivity contribution in [3.63, 3.8) is 0 Å². The molecule has 0 fully saturated rings. The maximum Gasteiger partial charge on any atom is 0.410 e. The molecular weight excluding hydrogens is 545 g/mol. The molecule has 42 heavy (non-hydrogen) atoms. The van der Waals surface area contributed by atoms with Crippen LogP contribution in [0.25, 0.3) is 11.0 Å². The van der Waals surface area contributed by atoms with E-state index in [0.717, 1.165) is 5.52 Å². The van der Waals surface area contributed by atoms with Crippen molar-refractivity contribution in [2.45, 2.75) is 52.8 Å². The zero-order valence-corrected chi connectivity index (χ0v) is 25.0. The summed E-state index contributed by atoms with van der Waals surface area (Å²) in [6, 6.07) is 4.37.